The van der Waals surface area contributed by atoms with Gasteiger partial charge in [0.1, 0.15) is 5.60 Å². The van der Waals surface area contributed by atoms with E-state index in [0.717, 1.165) is 37.8 Å². The number of carbonyl (C=O) groups is 1. The number of ether oxygens (including phenoxy) is 1. The summed E-state index contributed by atoms with van der Waals surface area (Å²) in [6, 6.07) is 0.127. The molecule has 1 aromatic heterocycles. The molecule has 1 amide bonds. The molecule has 1 fully saturated rings. The fourth-order valence-corrected chi connectivity index (χ4v) is 5.48. The van der Waals surface area contributed by atoms with Crippen LogP contribution in [0.2, 0.25) is 0 Å². The summed E-state index contributed by atoms with van der Waals surface area (Å²) in [6.45, 7) is 15.7. The van der Waals surface area contributed by atoms with Crippen molar-refractivity contribution in [1.29, 1.82) is 0 Å². The van der Waals surface area contributed by atoms with E-state index in [-0.39, 0.29) is 35.6 Å². The lowest BCUT2D eigenvalue weighted by Crippen LogP contribution is -2.55. The molecule has 0 aromatic carbocycles. The summed E-state index contributed by atoms with van der Waals surface area (Å²) in [5.74, 6) is 0.164. The Morgan fingerprint density at radius 1 is 1.48 bits per heavy atom. The molecule has 5 atom stereocenters. The van der Waals surface area contributed by atoms with Gasteiger partial charge in [0, 0.05) is 17.5 Å². The van der Waals surface area contributed by atoms with Gasteiger partial charge in [0.25, 0.3) is 0 Å². The molecule has 0 unspecified atom stereocenters. The minimum absolute atomic E-state index is 0.00973. The van der Waals surface area contributed by atoms with Gasteiger partial charge in [-0.1, -0.05) is 25.2 Å². The molecule has 2 N–H and O–H groups in total. The zero-order valence-corrected chi connectivity index (χ0v) is 21.1. The first kappa shape index (κ1) is 25.3. The SMILES string of the molecule is C=CC/C=C\C1=C(C)[C@H]([C@H]2C[C@@](CC)(CC[C@@H](C)NC(=O)OC(C)(C)C)[C@H]2O)n2cncc21. The molecule has 0 radical (unpaired) electrons. The fraction of sp³-hybridized carbons (Fsp3) is 0.630. The summed E-state index contributed by atoms with van der Waals surface area (Å²) in [6.07, 6.45) is 13.6. The van der Waals surface area contributed by atoms with Crippen molar-refractivity contribution in [3.8, 4) is 0 Å². The summed E-state index contributed by atoms with van der Waals surface area (Å²) in [7, 11) is 0. The van der Waals surface area contributed by atoms with Gasteiger partial charge in [0.05, 0.1) is 30.4 Å². The van der Waals surface area contributed by atoms with Crippen LogP contribution in [-0.2, 0) is 4.74 Å². The van der Waals surface area contributed by atoms with E-state index >= 15 is 0 Å². The Labute approximate surface area is 198 Å². The number of aliphatic hydroxyl groups is 1. The summed E-state index contributed by atoms with van der Waals surface area (Å²) < 4.78 is 7.60. The monoisotopic (exact) mass is 455 g/mol. The van der Waals surface area contributed by atoms with Gasteiger partial charge >= 0.3 is 6.09 Å². The predicted octanol–water partition coefficient (Wildman–Crippen LogP) is 5.81. The first-order valence-corrected chi connectivity index (χ1v) is 12.2. The van der Waals surface area contributed by atoms with E-state index in [1.165, 1.54) is 11.1 Å². The van der Waals surface area contributed by atoms with Crippen molar-refractivity contribution in [3.63, 3.8) is 0 Å². The lowest BCUT2D eigenvalue weighted by molar-refractivity contribution is -0.141. The Morgan fingerprint density at radius 3 is 2.82 bits per heavy atom. The Morgan fingerprint density at radius 2 is 2.21 bits per heavy atom. The second kappa shape index (κ2) is 9.88. The summed E-state index contributed by atoms with van der Waals surface area (Å²) in [5, 5.41) is 14.3. The third kappa shape index (κ3) is 5.26. The largest absolute Gasteiger partial charge is 0.444 e. The molecule has 1 saturated carbocycles. The Kier molecular flexibility index (Phi) is 7.57. The number of aliphatic hydroxyl groups excluding tert-OH is 1. The Balaban J connectivity index is 1.66. The molecular weight excluding hydrogens is 414 g/mol. The van der Waals surface area contributed by atoms with Crippen molar-refractivity contribution in [2.45, 2.75) is 97.4 Å². The lowest BCUT2D eigenvalue weighted by Gasteiger charge is -2.55. The maximum Gasteiger partial charge on any atom is 0.407 e. The van der Waals surface area contributed by atoms with Gasteiger partial charge in [0.15, 0.2) is 0 Å². The zero-order valence-electron chi connectivity index (χ0n) is 21.1. The molecule has 6 heteroatoms. The average molecular weight is 456 g/mol. The first-order valence-electron chi connectivity index (χ1n) is 12.2. The average Bonchev–Trinajstić information content (AvgIpc) is 3.28. The van der Waals surface area contributed by atoms with Crippen molar-refractivity contribution >= 4 is 11.7 Å². The van der Waals surface area contributed by atoms with E-state index in [0.29, 0.717) is 0 Å². The molecule has 3 rings (SSSR count). The van der Waals surface area contributed by atoms with E-state index in [1.807, 2.05) is 46.3 Å². The first-order chi connectivity index (χ1) is 15.5. The number of amides is 1. The van der Waals surface area contributed by atoms with Crippen LogP contribution in [0.15, 0.2) is 42.9 Å². The third-order valence-corrected chi connectivity index (χ3v) is 7.32. The maximum atomic E-state index is 12.1. The van der Waals surface area contributed by atoms with Gasteiger partial charge in [0.2, 0.25) is 0 Å². The number of aromatic nitrogens is 2. The quantitative estimate of drug-likeness (QED) is 0.460. The highest BCUT2D eigenvalue weighted by Crippen LogP contribution is 2.58. The van der Waals surface area contributed by atoms with Crippen LogP contribution in [0.25, 0.3) is 5.57 Å². The smallest absolute Gasteiger partial charge is 0.407 e. The zero-order chi connectivity index (χ0) is 24.4. The molecule has 2 heterocycles. The molecule has 0 spiro atoms. The van der Waals surface area contributed by atoms with Gasteiger partial charge in [-0.15, -0.1) is 6.58 Å². The maximum absolute atomic E-state index is 12.1. The van der Waals surface area contributed by atoms with E-state index < -0.39 is 5.60 Å². The van der Waals surface area contributed by atoms with Gasteiger partial charge in [-0.05, 0) is 77.7 Å². The fourth-order valence-electron chi connectivity index (χ4n) is 5.48. The number of rotatable bonds is 9. The molecule has 1 aliphatic heterocycles. The normalized spacial score (nSPS) is 27.9. The highest BCUT2D eigenvalue weighted by molar-refractivity contribution is 5.78. The lowest BCUT2D eigenvalue weighted by atomic mass is 9.53. The summed E-state index contributed by atoms with van der Waals surface area (Å²) in [4.78, 5) is 16.5. The van der Waals surface area contributed by atoms with Gasteiger partial charge < -0.3 is 19.7 Å². The minimum atomic E-state index is -0.510. The van der Waals surface area contributed by atoms with Crippen LogP contribution in [0.3, 0.4) is 0 Å². The molecule has 0 bridgehead atoms. The Bertz CT molecular complexity index is 923. The number of hydrogen-bond donors (Lipinski definition) is 2. The molecule has 6 nitrogen and oxygen atoms in total. The van der Waals surface area contributed by atoms with Crippen molar-refractivity contribution < 1.29 is 14.6 Å². The van der Waals surface area contributed by atoms with E-state index in [1.54, 1.807) is 0 Å². The molecular formula is C27H41N3O3. The standard InChI is InChI=1S/C27H41N3O3/c1-8-10-11-12-20-19(4)23(30-17-28-16-22(20)30)21-15-27(9-2,24(21)31)14-13-18(3)29-25(32)33-26(5,6)7/h8,11-12,16-18,21,23-24,31H,1,9-10,13-15H2,2-7H3,(H,29,32)/b12-11-/t18-,21-,23-,24+,27-/m1/s1. The molecule has 1 aromatic rings. The number of hydrogen-bond acceptors (Lipinski definition) is 4. The van der Waals surface area contributed by atoms with E-state index in [2.05, 4.69) is 47.4 Å². The predicted molar refractivity (Wildman–Crippen MR) is 133 cm³/mol. The second-order valence-electron chi connectivity index (χ2n) is 10.8. The summed E-state index contributed by atoms with van der Waals surface area (Å²) >= 11 is 0. The summed E-state index contributed by atoms with van der Waals surface area (Å²) in [5.41, 5.74) is 2.99. The van der Waals surface area contributed by atoms with Crippen LogP contribution in [0.5, 0.6) is 0 Å². The molecule has 182 valence electrons. The number of alkyl carbamates (subject to hydrolysis) is 1. The second-order valence-corrected chi connectivity index (χ2v) is 10.8. The van der Waals surface area contributed by atoms with Gasteiger partial charge in [-0.25, -0.2) is 9.78 Å². The van der Waals surface area contributed by atoms with Crippen LogP contribution in [0, 0.1) is 11.3 Å². The number of imidazole rings is 1. The molecule has 33 heavy (non-hydrogen) atoms. The van der Waals surface area contributed by atoms with Crippen molar-refractivity contribution in [1.82, 2.24) is 14.9 Å². The molecule has 0 saturated heterocycles. The molecule has 2 aliphatic rings. The van der Waals surface area contributed by atoms with E-state index in [4.69, 9.17) is 4.74 Å². The van der Waals surface area contributed by atoms with Crippen LogP contribution in [0.1, 0.15) is 85.4 Å². The highest BCUT2D eigenvalue weighted by atomic mass is 16.6. The Hall–Kier alpha value is -2.34. The van der Waals surface area contributed by atoms with Crippen LogP contribution >= 0.6 is 0 Å². The van der Waals surface area contributed by atoms with Gasteiger partial charge in [-0.3, -0.25) is 0 Å². The van der Waals surface area contributed by atoms with Crippen LogP contribution < -0.4 is 5.32 Å². The molecule has 1 aliphatic carbocycles. The number of fused-ring (bicyclic) bond motifs is 1. The number of allylic oxidation sites excluding steroid dienone is 5. The number of carbonyl (C=O) groups excluding carboxylic acids is 1. The third-order valence-electron chi connectivity index (χ3n) is 7.32. The van der Waals surface area contributed by atoms with Crippen molar-refractivity contribution in [3.05, 3.63) is 48.6 Å². The van der Waals surface area contributed by atoms with Crippen molar-refractivity contribution in [2.24, 2.45) is 11.3 Å². The topological polar surface area (TPSA) is 76.4 Å². The van der Waals surface area contributed by atoms with E-state index in [9.17, 15) is 9.90 Å². The number of nitrogens with one attached hydrogen (secondary N) is 1. The minimum Gasteiger partial charge on any atom is -0.444 e. The van der Waals surface area contributed by atoms with Gasteiger partial charge in [-0.2, -0.15) is 0 Å². The highest BCUT2D eigenvalue weighted by Gasteiger charge is 2.55. The van der Waals surface area contributed by atoms with Crippen LogP contribution in [0.4, 0.5) is 4.79 Å². The van der Waals surface area contributed by atoms with Crippen LogP contribution in [-0.4, -0.2) is 38.5 Å². The number of nitrogens with zero attached hydrogens (tertiary/aromatic N) is 2. The van der Waals surface area contributed by atoms with Crippen molar-refractivity contribution in [2.75, 3.05) is 0 Å².